The first-order valence-electron chi connectivity index (χ1n) is 6.91. The van der Waals surface area contributed by atoms with E-state index in [0.29, 0.717) is 29.5 Å². The molecule has 1 amide bonds. The number of anilines is 1. The van der Waals surface area contributed by atoms with Crippen molar-refractivity contribution < 1.29 is 14.7 Å². The third kappa shape index (κ3) is 3.77. The van der Waals surface area contributed by atoms with Crippen molar-refractivity contribution in [1.82, 2.24) is 0 Å². The Morgan fingerprint density at radius 2 is 2.05 bits per heavy atom. The van der Waals surface area contributed by atoms with Gasteiger partial charge in [-0.05, 0) is 37.0 Å². The number of carbonyl (C=O) groups excluding carboxylic acids is 1. The van der Waals surface area contributed by atoms with E-state index < -0.39 is 17.8 Å². The number of carbonyl (C=O) groups is 2. The lowest BCUT2D eigenvalue weighted by Crippen LogP contribution is -2.30. The van der Waals surface area contributed by atoms with Crippen LogP contribution in [0.3, 0.4) is 0 Å². The predicted molar refractivity (Wildman–Crippen MR) is 85.4 cm³/mol. The summed E-state index contributed by atoms with van der Waals surface area (Å²) in [5.41, 5.74) is 0.500. The Kier molecular flexibility index (Phi) is 5.27. The monoisotopic (exact) mass is 373 g/mol. The molecule has 0 bridgehead atoms. The molecule has 3 atom stereocenters. The van der Waals surface area contributed by atoms with Crippen molar-refractivity contribution in [3.63, 3.8) is 0 Å². The molecule has 6 heteroatoms. The van der Waals surface area contributed by atoms with Gasteiger partial charge in [0.25, 0.3) is 0 Å². The van der Waals surface area contributed by atoms with Crippen LogP contribution in [-0.4, -0.2) is 17.0 Å². The molecule has 1 aromatic rings. The fourth-order valence-electron chi connectivity index (χ4n) is 2.86. The second kappa shape index (κ2) is 6.79. The quantitative estimate of drug-likeness (QED) is 0.831. The van der Waals surface area contributed by atoms with Gasteiger partial charge >= 0.3 is 5.97 Å². The molecule has 1 aliphatic rings. The first-order valence-corrected chi connectivity index (χ1v) is 8.08. The third-order valence-electron chi connectivity index (χ3n) is 4.08. The lowest BCUT2D eigenvalue weighted by molar-refractivity contribution is -0.145. The van der Waals surface area contributed by atoms with Crippen molar-refractivity contribution in [2.24, 2.45) is 17.8 Å². The van der Waals surface area contributed by atoms with Gasteiger partial charge in [0.2, 0.25) is 5.91 Å². The molecule has 4 nitrogen and oxygen atoms in total. The molecule has 2 rings (SSSR count). The number of halogens is 2. The maximum atomic E-state index is 12.4. The topological polar surface area (TPSA) is 66.4 Å². The van der Waals surface area contributed by atoms with Crippen molar-refractivity contribution in [1.29, 1.82) is 0 Å². The van der Waals surface area contributed by atoms with Crippen molar-refractivity contribution in [3.05, 3.63) is 27.7 Å². The number of carboxylic acids is 1. The second-order valence-corrected chi connectivity index (χ2v) is 6.73. The third-order valence-corrected chi connectivity index (χ3v) is 4.90. The largest absolute Gasteiger partial charge is 0.481 e. The summed E-state index contributed by atoms with van der Waals surface area (Å²) in [5.74, 6) is -1.98. The summed E-state index contributed by atoms with van der Waals surface area (Å²) >= 11 is 9.37. The van der Waals surface area contributed by atoms with Gasteiger partial charge in [0.1, 0.15) is 0 Å². The molecule has 0 aromatic heterocycles. The van der Waals surface area contributed by atoms with Gasteiger partial charge < -0.3 is 10.4 Å². The number of hydrogen-bond acceptors (Lipinski definition) is 2. The Morgan fingerprint density at radius 3 is 2.67 bits per heavy atom. The molecule has 21 heavy (non-hydrogen) atoms. The number of rotatable bonds is 4. The molecule has 0 saturated heterocycles. The predicted octanol–water partition coefficient (Wildman–Crippen LogP) is 4.18. The Morgan fingerprint density at radius 1 is 1.38 bits per heavy atom. The number of benzene rings is 1. The van der Waals surface area contributed by atoms with E-state index in [-0.39, 0.29) is 5.91 Å². The van der Waals surface area contributed by atoms with Crippen LogP contribution in [-0.2, 0) is 9.59 Å². The normalized spacial score (nSPS) is 24.8. The maximum Gasteiger partial charge on any atom is 0.307 e. The van der Waals surface area contributed by atoms with Crippen LogP contribution in [0.4, 0.5) is 5.69 Å². The highest BCUT2D eigenvalue weighted by molar-refractivity contribution is 9.10. The van der Waals surface area contributed by atoms with Crippen LogP contribution in [0.2, 0.25) is 5.02 Å². The second-order valence-electron chi connectivity index (χ2n) is 5.41. The van der Waals surface area contributed by atoms with Crippen LogP contribution < -0.4 is 5.32 Å². The SMILES string of the molecule is CCC1C[C@H](C(=O)Nc2cc(Br)ccc2Cl)[C@H](C(=O)O)C1. The van der Waals surface area contributed by atoms with E-state index in [4.69, 9.17) is 11.6 Å². The molecule has 2 N–H and O–H groups in total. The number of hydrogen-bond donors (Lipinski definition) is 2. The Bertz CT molecular complexity index is 564. The molecule has 0 spiro atoms. The number of aliphatic carboxylic acids is 1. The molecule has 1 aliphatic carbocycles. The first kappa shape index (κ1) is 16.3. The summed E-state index contributed by atoms with van der Waals surface area (Å²) in [6.45, 7) is 2.02. The maximum absolute atomic E-state index is 12.4. The lowest BCUT2D eigenvalue weighted by Gasteiger charge is -2.16. The molecule has 1 fully saturated rings. The average molecular weight is 375 g/mol. The van der Waals surface area contributed by atoms with Gasteiger partial charge in [-0.2, -0.15) is 0 Å². The summed E-state index contributed by atoms with van der Waals surface area (Å²) < 4.78 is 0.801. The van der Waals surface area contributed by atoms with Crippen LogP contribution >= 0.6 is 27.5 Å². The molecular formula is C15H17BrClNO3. The minimum absolute atomic E-state index is 0.265. The van der Waals surface area contributed by atoms with Crippen molar-refractivity contribution in [2.75, 3.05) is 5.32 Å². The lowest BCUT2D eigenvalue weighted by atomic mass is 9.95. The Hall–Kier alpha value is -1.07. The summed E-state index contributed by atoms with van der Waals surface area (Å²) in [5, 5.41) is 12.5. The van der Waals surface area contributed by atoms with Crippen LogP contribution in [0.5, 0.6) is 0 Å². The van der Waals surface area contributed by atoms with Crippen molar-refractivity contribution in [3.8, 4) is 0 Å². The number of amides is 1. The number of nitrogens with one attached hydrogen (secondary N) is 1. The summed E-state index contributed by atoms with van der Waals surface area (Å²) in [7, 11) is 0. The van der Waals surface area contributed by atoms with Gasteiger partial charge in [-0.15, -0.1) is 0 Å². The van der Waals surface area contributed by atoms with E-state index in [1.807, 2.05) is 6.92 Å². The van der Waals surface area contributed by atoms with Gasteiger partial charge in [-0.3, -0.25) is 9.59 Å². The molecule has 0 radical (unpaired) electrons. The highest BCUT2D eigenvalue weighted by Gasteiger charge is 2.42. The van der Waals surface area contributed by atoms with E-state index in [2.05, 4.69) is 21.2 Å². The van der Waals surface area contributed by atoms with E-state index in [0.717, 1.165) is 10.9 Å². The van der Waals surface area contributed by atoms with Crippen molar-refractivity contribution in [2.45, 2.75) is 26.2 Å². The van der Waals surface area contributed by atoms with Crippen LogP contribution in [0, 0.1) is 17.8 Å². The van der Waals surface area contributed by atoms with E-state index >= 15 is 0 Å². The van der Waals surface area contributed by atoms with Crippen LogP contribution in [0.15, 0.2) is 22.7 Å². The standard InChI is InChI=1S/C15H17BrClNO3/c1-2-8-5-10(11(6-8)15(20)21)14(19)18-13-7-9(16)3-4-12(13)17/h3-4,7-8,10-11H,2,5-6H2,1H3,(H,18,19)(H,20,21)/t8?,10-,11+/m0/s1. The van der Waals surface area contributed by atoms with Crippen molar-refractivity contribution >= 4 is 45.1 Å². The Labute approximate surface area is 137 Å². The van der Waals surface area contributed by atoms with E-state index in [9.17, 15) is 14.7 Å². The minimum atomic E-state index is -0.897. The first-order chi connectivity index (χ1) is 9.92. The van der Waals surface area contributed by atoms with Gasteiger partial charge in [0, 0.05) is 4.47 Å². The zero-order chi connectivity index (χ0) is 15.6. The molecule has 1 aromatic carbocycles. The fourth-order valence-corrected chi connectivity index (χ4v) is 3.38. The van der Waals surface area contributed by atoms with Crippen LogP contribution in [0.1, 0.15) is 26.2 Å². The van der Waals surface area contributed by atoms with Gasteiger partial charge in [-0.25, -0.2) is 0 Å². The van der Waals surface area contributed by atoms with Gasteiger partial charge in [0.05, 0.1) is 22.5 Å². The summed E-state index contributed by atoms with van der Waals surface area (Å²) in [4.78, 5) is 23.7. The van der Waals surface area contributed by atoms with E-state index in [1.165, 1.54) is 0 Å². The molecule has 114 valence electrons. The highest BCUT2D eigenvalue weighted by atomic mass is 79.9. The molecule has 0 heterocycles. The summed E-state index contributed by atoms with van der Waals surface area (Å²) in [6.07, 6.45) is 2.08. The smallest absolute Gasteiger partial charge is 0.307 e. The Balaban J connectivity index is 2.15. The minimum Gasteiger partial charge on any atom is -0.481 e. The zero-order valence-corrected chi connectivity index (χ0v) is 13.9. The molecule has 0 aliphatic heterocycles. The molecular weight excluding hydrogens is 358 g/mol. The average Bonchev–Trinajstić information content (AvgIpc) is 2.87. The molecule has 1 saturated carbocycles. The number of carboxylic acid groups (broad SMARTS) is 1. The molecule has 1 unspecified atom stereocenters. The van der Waals surface area contributed by atoms with Gasteiger partial charge in [-0.1, -0.05) is 40.9 Å². The van der Waals surface area contributed by atoms with Gasteiger partial charge in [0.15, 0.2) is 0 Å². The highest BCUT2D eigenvalue weighted by Crippen LogP contribution is 2.39. The van der Waals surface area contributed by atoms with E-state index in [1.54, 1.807) is 18.2 Å². The fraction of sp³-hybridized carbons (Fsp3) is 0.467. The zero-order valence-electron chi connectivity index (χ0n) is 11.6. The van der Waals surface area contributed by atoms with Crippen LogP contribution in [0.25, 0.3) is 0 Å². The summed E-state index contributed by atoms with van der Waals surface area (Å²) in [6, 6.07) is 5.17.